The molecule has 0 bridgehead atoms. The van der Waals surface area contributed by atoms with Crippen LogP contribution in [0.4, 0.5) is 0 Å². The molecule has 1 unspecified atom stereocenters. The van der Waals surface area contributed by atoms with Crippen molar-refractivity contribution in [1.29, 1.82) is 0 Å². The van der Waals surface area contributed by atoms with Crippen LogP contribution in [-0.2, 0) is 4.79 Å². The summed E-state index contributed by atoms with van der Waals surface area (Å²) in [5, 5.41) is 3.38. The highest BCUT2D eigenvalue weighted by Gasteiger charge is 2.21. The minimum Gasteiger partial charge on any atom is -0.492 e. The number of amides is 1. The Morgan fingerprint density at radius 2 is 1.86 bits per heavy atom. The molecule has 2 aromatic carbocycles. The Kier molecular flexibility index (Phi) is 8.04. The van der Waals surface area contributed by atoms with Crippen molar-refractivity contribution in [2.45, 2.75) is 38.4 Å². The molecule has 4 rings (SSSR count). The fourth-order valence-corrected chi connectivity index (χ4v) is 5.62. The number of carbonyl (C=O) groups is 1. The number of para-hydroxylation sites is 3. The molecule has 1 atom stereocenters. The zero-order valence-electron chi connectivity index (χ0n) is 19.7. The maximum absolute atomic E-state index is 13.8. The fourth-order valence-electron chi connectivity index (χ4n) is 3.52. The molecule has 0 fully saturated rings. The molecule has 0 spiro atoms. The Morgan fingerprint density at radius 1 is 1.14 bits per heavy atom. The number of benzene rings is 2. The molecular formula is C25H26N4O3S3. The minimum absolute atomic E-state index is 0.0757. The van der Waals surface area contributed by atoms with E-state index in [0.717, 1.165) is 12.1 Å². The molecule has 0 aliphatic rings. The van der Waals surface area contributed by atoms with E-state index >= 15 is 0 Å². The zero-order valence-corrected chi connectivity index (χ0v) is 22.1. The maximum atomic E-state index is 13.8. The van der Waals surface area contributed by atoms with Gasteiger partial charge in [0.05, 0.1) is 23.7 Å². The lowest BCUT2D eigenvalue weighted by Crippen LogP contribution is -2.33. The van der Waals surface area contributed by atoms with Gasteiger partial charge in [0, 0.05) is 6.04 Å². The quantitative estimate of drug-likeness (QED) is 0.179. The summed E-state index contributed by atoms with van der Waals surface area (Å²) in [6.07, 6.45) is 0.838. The number of hydrogen-bond acceptors (Lipinski definition) is 7. The summed E-state index contributed by atoms with van der Waals surface area (Å²) in [6.45, 7) is 6.38. The van der Waals surface area contributed by atoms with Crippen molar-refractivity contribution in [2.75, 3.05) is 12.4 Å². The SMILES string of the molecule is CCOc1ccccc1-n1c(=S)sc2c(=O)n(-c3ccccc3)c(SCC(=O)NC(C)CC)nc21. The molecule has 7 nitrogen and oxygen atoms in total. The van der Waals surface area contributed by atoms with Crippen LogP contribution < -0.4 is 15.6 Å². The summed E-state index contributed by atoms with van der Waals surface area (Å²) >= 11 is 8.12. The second-order valence-corrected chi connectivity index (χ2v) is 10.4. The van der Waals surface area contributed by atoms with E-state index in [1.807, 2.05) is 75.4 Å². The van der Waals surface area contributed by atoms with Gasteiger partial charge in [-0.3, -0.25) is 18.7 Å². The highest BCUT2D eigenvalue weighted by atomic mass is 32.2. The molecule has 2 aromatic heterocycles. The van der Waals surface area contributed by atoms with E-state index in [0.29, 0.717) is 37.5 Å². The number of nitrogens with one attached hydrogen (secondary N) is 1. The third kappa shape index (κ3) is 5.34. The van der Waals surface area contributed by atoms with Crippen LogP contribution in [0.5, 0.6) is 5.75 Å². The lowest BCUT2D eigenvalue weighted by molar-refractivity contribution is -0.119. The Labute approximate surface area is 216 Å². The number of thioether (sulfide) groups is 1. The normalized spacial score (nSPS) is 12.0. The van der Waals surface area contributed by atoms with Crippen molar-refractivity contribution >= 4 is 51.6 Å². The molecular weight excluding hydrogens is 501 g/mol. The number of rotatable bonds is 9. The minimum atomic E-state index is -0.227. The summed E-state index contributed by atoms with van der Waals surface area (Å²) in [7, 11) is 0. The van der Waals surface area contributed by atoms with E-state index in [4.69, 9.17) is 21.9 Å². The molecule has 0 aliphatic heterocycles. The number of nitrogens with zero attached hydrogens (tertiary/aromatic N) is 3. The Bertz CT molecular complexity index is 1460. The molecule has 0 saturated carbocycles. The van der Waals surface area contributed by atoms with E-state index < -0.39 is 0 Å². The monoisotopic (exact) mass is 526 g/mol. The van der Waals surface area contributed by atoms with E-state index in [1.54, 1.807) is 9.13 Å². The van der Waals surface area contributed by atoms with Crippen LogP contribution in [0.15, 0.2) is 64.5 Å². The number of thiazole rings is 1. The van der Waals surface area contributed by atoms with Gasteiger partial charge in [-0.15, -0.1) is 0 Å². The van der Waals surface area contributed by atoms with Gasteiger partial charge in [0.2, 0.25) is 5.91 Å². The van der Waals surface area contributed by atoms with Crippen LogP contribution in [-0.4, -0.2) is 38.4 Å². The van der Waals surface area contributed by atoms with Crippen LogP contribution in [0.1, 0.15) is 27.2 Å². The largest absolute Gasteiger partial charge is 0.492 e. The van der Waals surface area contributed by atoms with E-state index in [-0.39, 0.29) is 23.3 Å². The Morgan fingerprint density at radius 3 is 2.57 bits per heavy atom. The summed E-state index contributed by atoms with van der Waals surface area (Å²) in [4.78, 5) is 31.1. The van der Waals surface area contributed by atoms with Crippen molar-refractivity contribution in [3.05, 3.63) is 68.9 Å². The first-order valence-corrected chi connectivity index (χ1v) is 13.5. The predicted molar refractivity (Wildman–Crippen MR) is 145 cm³/mol. The molecule has 10 heteroatoms. The molecule has 1 amide bonds. The van der Waals surface area contributed by atoms with Crippen LogP contribution in [0.25, 0.3) is 21.7 Å². The first-order chi connectivity index (χ1) is 16.9. The summed E-state index contributed by atoms with van der Waals surface area (Å²) in [5.41, 5.74) is 1.63. The smallest absolute Gasteiger partial charge is 0.278 e. The molecule has 35 heavy (non-hydrogen) atoms. The van der Waals surface area contributed by atoms with Crippen LogP contribution in [0.2, 0.25) is 0 Å². The summed E-state index contributed by atoms with van der Waals surface area (Å²) in [5.74, 6) is 0.680. The average molecular weight is 527 g/mol. The number of ether oxygens (including phenoxy) is 1. The Hall–Kier alpha value is -2.95. The molecule has 182 valence electrons. The number of carbonyl (C=O) groups excluding carboxylic acids is 1. The van der Waals surface area contributed by atoms with E-state index in [1.165, 1.54) is 23.1 Å². The number of aromatic nitrogens is 3. The second kappa shape index (κ2) is 11.2. The highest BCUT2D eigenvalue weighted by Crippen LogP contribution is 2.31. The van der Waals surface area contributed by atoms with Gasteiger partial charge < -0.3 is 10.1 Å². The molecule has 2 heterocycles. The van der Waals surface area contributed by atoms with Crippen molar-refractivity contribution in [2.24, 2.45) is 0 Å². The molecule has 1 N–H and O–H groups in total. The maximum Gasteiger partial charge on any atom is 0.278 e. The van der Waals surface area contributed by atoms with Crippen molar-refractivity contribution < 1.29 is 9.53 Å². The molecule has 0 radical (unpaired) electrons. The molecule has 4 aromatic rings. The number of hydrogen-bond donors (Lipinski definition) is 1. The standard InChI is InChI=1S/C25H26N4O3S3/c1-4-16(3)26-20(30)15-34-24-27-22-21(23(31)28(24)17-11-7-6-8-12-17)35-25(33)29(22)18-13-9-10-14-19(18)32-5-2/h6-14,16H,4-5,15H2,1-3H3,(H,26,30). The molecule has 0 aliphatic carbocycles. The van der Waals surface area contributed by atoms with Gasteiger partial charge >= 0.3 is 0 Å². The van der Waals surface area contributed by atoms with Gasteiger partial charge in [0.1, 0.15) is 10.4 Å². The number of fused-ring (bicyclic) bond motifs is 1. The van der Waals surface area contributed by atoms with Crippen molar-refractivity contribution in [1.82, 2.24) is 19.4 Å². The molecule has 0 saturated heterocycles. The van der Waals surface area contributed by atoms with Crippen molar-refractivity contribution in [3.63, 3.8) is 0 Å². The zero-order chi connectivity index (χ0) is 24.9. The van der Waals surface area contributed by atoms with Gasteiger partial charge in [0.15, 0.2) is 14.8 Å². The fraction of sp³-hybridized carbons (Fsp3) is 0.280. The Balaban J connectivity index is 1.89. The van der Waals surface area contributed by atoms with Crippen LogP contribution in [0, 0.1) is 3.95 Å². The van der Waals surface area contributed by atoms with E-state index in [2.05, 4.69) is 5.32 Å². The van der Waals surface area contributed by atoms with Gasteiger partial charge in [0.25, 0.3) is 5.56 Å². The first kappa shape index (κ1) is 25.2. The lowest BCUT2D eigenvalue weighted by Gasteiger charge is -2.15. The average Bonchev–Trinajstić information content (AvgIpc) is 3.19. The van der Waals surface area contributed by atoms with Gasteiger partial charge in [-0.25, -0.2) is 4.98 Å². The first-order valence-electron chi connectivity index (χ1n) is 11.3. The van der Waals surface area contributed by atoms with Crippen LogP contribution in [0.3, 0.4) is 0 Å². The second-order valence-electron chi connectivity index (χ2n) is 7.79. The van der Waals surface area contributed by atoms with Gasteiger partial charge in [-0.05, 0) is 56.8 Å². The van der Waals surface area contributed by atoms with Crippen LogP contribution >= 0.6 is 35.3 Å². The van der Waals surface area contributed by atoms with Gasteiger partial charge in [-0.2, -0.15) is 0 Å². The third-order valence-corrected chi connectivity index (χ3v) is 7.64. The summed E-state index contributed by atoms with van der Waals surface area (Å²) in [6, 6.07) is 16.9. The topological polar surface area (TPSA) is 78.1 Å². The summed E-state index contributed by atoms with van der Waals surface area (Å²) < 4.78 is 10.1. The lowest BCUT2D eigenvalue weighted by atomic mass is 10.3. The third-order valence-electron chi connectivity index (χ3n) is 5.35. The van der Waals surface area contributed by atoms with Crippen molar-refractivity contribution in [3.8, 4) is 17.1 Å². The highest BCUT2D eigenvalue weighted by molar-refractivity contribution is 7.99. The van der Waals surface area contributed by atoms with Gasteiger partial charge in [-0.1, -0.05) is 60.4 Å². The van der Waals surface area contributed by atoms with E-state index in [9.17, 15) is 9.59 Å². The predicted octanol–water partition coefficient (Wildman–Crippen LogP) is 5.37.